The van der Waals surface area contributed by atoms with Crippen molar-refractivity contribution in [1.82, 2.24) is 0 Å². The predicted octanol–water partition coefficient (Wildman–Crippen LogP) is 2.67. The van der Waals surface area contributed by atoms with Gasteiger partial charge in [-0.2, -0.15) is 0 Å². The summed E-state index contributed by atoms with van der Waals surface area (Å²) >= 11 is 5.62. The van der Waals surface area contributed by atoms with E-state index >= 15 is 0 Å². The topological polar surface area (TPSA) is 118 Å². The molecule has 0 aliphatic carbocycles. The second kappa shape index (κ2) is 7.03. The van der Waals surface area contributed by atoms with E-state index in [2.05, 4.69) is 0 Å². The highest BCUT2D eigenvalue weighted by molar-refractivity contribution is 7.93. The molecular formula is C14H10ClFN2O6S. The first-order valence-corrected chi connectivity index (χ1v) is 8.39. The van der Waals surface area contributed by atoms with Crippen molar-refractivity contribution < 1.29 is 27.6 Å². The molecular weight excluding hydrogens is 379 g/mol. The Labute approximate surface area is 146 Å². The minimum atomic E-state index is -4.62. The quantitative estimate of drug-likeness (QED) is 0.600. The molecule has 0 fully saturated rings. The molecule has 0 spiro atoms. The summed E-state index contributed by atoms with van der Waals surface area (Å²) in [6.45, 7) is -1.03. The molecule has 0 saturated heterocycles. The molecule has 0 aliphatic heterocycles. The molecule has 0 heterocycles. The summed E-state index contributed by atoms with van der Waals surface area (Å²) in [5.74, 6) is -2.34. The average molecular weight is 389 g/mol. The largest absolute Gasteiger partial charge is 0.480 e. The number of carboxylic acid groups (broad SMARTS) is 1. The van der Waals surface area contributed by atoms with Gasteiger partial charge in [0.2, 0.25) is 0 Å². The molecule has 25 heavy (non-hydrogen) atoms. The fraction of sp³-hybridized carbons (Fsp3) is 0.0714. The van der Waals surface area contributed by atoms with E-state index in [0.717, 1.165) is 30.3 Å². The number of aliphatic carboxylic acids is 1. The number of hydrogen-bond acceptors (Lipinski definition) is 5. The van der Waals surface area contributed by atoms with Crippen LogP contribution in [-0.2, 0) is 14.8 Å². The Kier molecular flexibility index (Phi) is 5.24. The van der Waals surface area contributed by atoms with E-state index in [0.29, 0.717) is 4.31 Å². The van der Waals surface area contributed by atoms with Crippen LogP contribution in [0.2, 0.25) is 5.02 Å². The lowest BCUT2D eigenvalue weighted by Gasteiger charge is -2.22. The third kappa shape index (κ3) is 3.86. The number of anilines is 1. The van der Waals surface area contributed by atoms with Gasteiger partial charge < -0.3 is 5.11 Å². The molecule has 0 bridgehead atoms. The van der Waals surface area contributed by atoms with E-state index in [1.807, 2.05) is 0 Å². The third-order valence-electron chi connectivity index (χ3n) is 3.10. The van der Waals surface area contributed by atoms with Gasteiger partial charge in [-0.05, 0) is 24.3 Å². The monoisotopic (exact) mass is 388 g/mol. The highest BCUT2D eigenvalue weighted by atomic mass is 35.5. The molecule has 2 rings (SSSR count). The van der Waals surface area contributed by atoms with Crippen molar-refractivity contribution in [1.29, 1.82) is 0 Å². The molecule has 8 nitrogen and oxygen atoms in total. The molecule has 0 radical (unpaired) electrons. The Hall–Kier alpha value is -2.72. The molecule has 0 amide bonds. The second-order valence-electron chi connectivity index (χ2n) is 4.73. The molecule has 11 heteroatoms. The van der Waals surface area contributed by atoms with E-state index < -0.39 is 48.9 Å². The summed E-state index contributed by atoms with van der Waals surface area (Å²) in [7, 11) is -4.62. The SMILES string of the molecule is O=C(O)CN(c1ccc(F)c(Cl)c1)S(=O)(=O)c1ccccc1[N+](=O)[O-]. The van der Waals surface area contributed by atoms with Gasteiger partial charge in [-0.3, -0.25) is 19.2 Å². The first-order chi connectivity index (χ1) is 11.6. The lowest BCUT2D eigenvalue weighted by atomic mass is 10.3. The predicted molar refractivity (Wildman–Crippen MR) is 86.7 cm³/mol. The summed E-state index contributed by atoms with van der Waals surface area (Å²) in [5.41, 5.74) is -0.960. The Morgan fingerprint density at radius 3 is 2.48 bits per heavy atom. The van der Waals surface area contributed by atoms with Gasteiger partial charge in [-0.1, -0.05) is 23.7 Å². The Morgan fingerprint density at radius 1 is 1.28 bits per heavy atom. The van der Waals surface area contributed by atoms with Crippen molar-refractivity contribution in [2.24, 2.45) is 0 Å². The zero-order chi connectivity index (χ0) is 18.8. The molecule has 0 atom stereocenters. The van der Waals surface area contributed by atoms with Crippen LogP contribution in [0.3, 0.4) is 0 Å². The van der Waals surface area contributed by atoms with Gasteiger partial charge in [0, 0.05) is 6.07 Å². The van der Waals surface area contributed by atoms with Crippen LogP contribution in [0, 0.1) is 15.9 Å². The van der Waals surface area contributed by atoms with Gasteiger partial charge in [-0.15, -0.1) is 0 Å². The van der Waals surface area contributed by atoms with Gasteiger partial charge in [0.25, 0.3) is 15.7 Å². The van der Waals surface area contributed by atoms with Gasteiger partial charge >= 0.3 is 5.97 Å². The third-order valence-corrected chi connectivity index (χ3v) is 5.21. The van der Waals surface area contributed by atoms with Gasteiger partial charge in [-0.25, -0.2) is 12.8 Å². The zero-order valence-corrected chi connectivity index (χ0v) is 13.9. The smallest absolute Gasteiger partial charge is 0.324 e. The number of para-hydroxylation sites is 1. The van der Waals surface area contributed by atoms with E-state index in [1.54, 1.807) is 0 Å². The van der Waals surface area contributed by atoms with Crippen molar-refractivity contribution in [3.8, 4) is 0 Å². The van der Waals surface area contributed by atoms with E-state index in [9.17, 15) is 27.7 Å². The fourth-order valence-electron chi connectivity index (χ4n) is 2.02. The zero-order valence-electron chi connectivity index (χ0n) is 12.3. The number of benzene rings is 2. The average Bonchev–Trinajstić information content (AvgIpc) is 2.55. The van der Waals surface area contributed by atoms with Crippen LogP contribution in [0.25, 0.3) is 0 Å². The van der Waals surface area contributed by atoms with Gasteiger partial charge in [0.1, 0.15) is 12.4 Å². The van der Waals surface area contributed by atoms with Crippen LogP contribution in [0.1, 0.15) is 0 Å². The van der Waals surface area contributed by atoms with Crippen LogP contribution in [0.4, 0.5) is 15.8 Å². The minimum Gasteiger partial charge on any atom is -0.480 e. The number of nitro benzene ring substituents is 1. The number of sulfonamides is 1. The van der Waals surface area contributed by atoms with Crippen LogP contribution in [0.5, 0.6) is 0 Å². The maximum Gasteiger partial charge on any atom is 0.324 e. The number of hydrogen-bond donors (Lipinski definition) is 1. The van der Waals surface area contributed by atoms with Crippen molar-refractivity contribution in [2.75, 3.05) is 10.8 Å². The lowest BCUT2D eigenvalue weighted by molar-refractivity contribution is -0.387. The molecule has 0 aromatic heterocycles. The van der Waals surface area contributed by atoms with Crippen LogP contribution in [0.15, 0.2) is 47.4 Å². The normalized spacial score (nSPS) is 11.1. The summed E-state index contributed by atoms with van der Waals surface area (Å²) in [6.07, 6.45) is 0. The van der Waals surface area contributed by atoms with Crippen molar-refractivity contribution in [3.63, 3.8) is 0 Å². The summed E-state index contributed by atoms with van der Waals surface area (Å²) in [6, 6.07) is 7.28. The number of halogens is 2. The van der Waals surface area contributed by atoms with Crippen LogP contribution >= 0.6 is 11.6 Å². The van der Waals surface area contributed by atoms with Crippen molar-refractivity contribution >= 4 is 39.0 Å². The number of nitro groups is 1. The van der Waals surface area contributed by atoms with Gasteiger partial charge in [0.05, 0.1) is 15.6 Å². The molecule has 1 N–H and O–H groups in total. The first kappa shape index (κ1) is 18.6. The Morgan fingerprint density at radius 2 is 1.92 bits per heavy atom. The number of carboxylic acids is 1. The molecule has 0 saturated carbocycles. The highest BCUT2D eigenvalue weighted by Crippen LogP contribution is 2.31. The van der Waals surface area contributed by atoms with Crippen LogP contribution < -0.4 is 4.31 Å². The molecule has 132 valence electrons. The molecule has 0 unspecified atom stereocenters. The number of carbonyl (C=O) groups is 1. The van der Waals surface area contributed by atoms with Crippen LogP contribution in [-0.4, -0.2) is 31.0 Å². The molecule has 2 aromatic carbocycles. The van der Waals surface area contributed by atoms with Gasteiger partial charge in [0.15, 0.2) is 4.90 Å². The lowest BCUT2D eigenvalue weighted by Crippen LogP contribution is -2.36. The number of rotatable bonds is 6. The second-order valence-corrected chi connectivity index (χ2v) is 6.97. The molecule has 2 aromatic rings. The van der Waals surface area contributed by atoms with E-state index in [-0.39, 0.29) is 5.69 Å². The first-order valence-electron chi connectivity index (χ1n) is 6.57. The summed E-state index contributed by atoms with van der Waals surface area (Å²) < 4.78 is 39.3. The van der Waals surface area contributed by atoms with E-state index in [4.69, 9.17) is 16.7 Å². The minimum absolute atomic E-state index is 0.244. The maximum absolute atomic E-state index is 13.3. The summed E-state index contributed by atoms with van der Waals surface area (Å²) in [5, 5.41) is 19.7. The Balaban J connectivity index is 2.67. The van der Waals surface area contributed by atoms with E-state index in [1.165, 1.54) is 12.1 Å². The maximum atomic E-state index is 13.3. The fourth-order valence-corrected chi connectivity index (χ4v) is 3.76. The summed E-state index contributed by atoms with van der Waals surface area (Å²) in [4.78, 5) is 20.6. The van der Waals surface area contributed by atoms with Crippen molar-refractivity contribution in [2.45, 2.75) is 4.90 Å². The molecule has 0 aliphatic rings. The number of nitrogens with zero attached hydrogens (tertiary/aromatic N) is 2. The Bertz CT molecular complexity index is 950. The highest BCUT2D eigenvalue weighted by Gasteiger charge is 2.33. The standard InChI is InChI=1S/C14H10ClFN2O6S/c15-10-7-9(5-6-11(10)16)17(8-14(19)20)25(23,24)13-4-2-1-3-12(13)18(21)22/h1-7H,8H2,(H,19,20). The van der Waals surface area contributed by atoms with Crippen molar-refractivity contribution in [3.05, 3.63) is 63.4 Å².